The van der Waals surface area contributed by atoms with Gasteiger partial charge in [-0.25, -0.2) is 24.7 Å². The van der Waals surface area contributed by atoms with Gasteiger partial charge >= 0.3 is 12.2 Å². The van der Waals surface area contributed by atoms with Gasteiger partial charge in [-0.3, -0.25) is 19.5 Å². The topological polar surface area (TPSA) is 148 Å². The second-order valence-corrected chi connectivity index (χ2v) is 8.48. The maximum atomic E-state index is 12.6. The number of carbonyl (C=O) groups is 3. The molecule has 0 bridgehead atoms. The number of imidazole rings is 1. The summed E-state index contributed by atoms with van der Waals surface area (Å²) >= 11 is 1.07. The number of thiazole rings is 1. The molecule has 0 saturated carbocycles. The van der Waals surface area contributed by atoms with Crippen molar-refractivity contribution in [3.8, 4) is 10.6 Å². The molecule has 0 radical (unpaired) electrons. The standard InChI is InChI=1S/C22H18F3N9O3S/c1-33(21(37)29-8-14-4-2-3-5-26-14)18-15(10-35)34(12-30-18)9-17(36)31-16-11-38-19(32-16)13-6-27-20(28-7-13)22(23,24)25/h2-7,10-12H,8-9H2,1H3,(H,29,37)(H,31,36). The lowest BCUT2D eigenvalue weighted by molar-refractivity contribution is -0.145. The summed E-state index contributed by atoms with van der Waals surface area (Å²) in [6.07, 6.45) is 0.639. The van der Waals surface area contributed by atoms with E-state index in [9.17, 15) is 27.6 Å². The molecule has 196 valence electrons. The molecule has 0 aromatic carbocycles. The minimum Gasteiger partial charge on any atom is -0.332 e. The van der Waals surface area contributed by atoms with Gasteiger partial charge in [0, 0.05) is 36.6 Å². The van der Waals surface area contributed by atoms with Gasteiger partial charge in [0.15, 0.2) is 12.1 Å². The number of anilines is 2. The zero-order valence-electron chi connectivity index (χ0n) is 19.5. The maximum absolute atomic E-state index is 12.6. The monoisotopic (exact) mass is 545 g/mol. The van der Waals surface area contributed by atoms with Crippen LogP contribution < -0.4 is 15.5 Å². The lowest BCUT2D eigenvalue weighted by Crippen LogP contribution is -2.37. The number of carbonyl (C=O) groups excluding carboxylic acids is 3. The molecule has 0 fully saturated rings. The van der Waals surface area contributed by atoms with Gasteiger partial charge in [-0.05, 0) is 12.1 Å². The van der Waals surface area contributed by atoms with Crippen LogP contribution in [-0.4, -0.2) is 54.8 Å². The predicted molar refractivity (Wildman–Crippen MR) is 129 cm³/mol. The first-order valence-electron chi connectivity index (χ1n) is 10.7. The lowest BCUT2D eigenvalue weighted by atomic mass is 10.3. The Morgan fingerprint density at radius 3 is 2.58 bits per heavy atom. The summed E-state index contributed by atoms with van der Waals surface area (Å²) in [5, 5.41) is 7.00. The summed E-state index contributed by atoms with van der Waals surface area (Å²) in [6.45, 7) is -0.154. The zero-order chi connectivity index (χ0) is 27.3. The van der Waals surface area contributed by atoms with E-state index in [1.165, 1.54) is 23.3 Å². The van der Waals surface area contributed by atoms with Gasteiger partial charge in [-0.2, -0.15) is 13.2 Å². The van der Waals surface area contributed by atoms with Gasteiger partial charge in [-0.1, -0.05) is 6.07 Å². The first-order valence-corrected chi connectivity index (χ1v) is 11.6. The van der Waals surface area contributed by atoms with Crippen LogP contribution in [-0.2, 0) is 24.1 Å². The average molecular weight is 546 g/mol. The van der Waals surface area contributed by atoms with Crippen LogP contribution in [0.4, 0.5) is 29.6 Å². The lowest BCUT2D eigenvalue weighted by Gasteiger charge is -2.16. The first kappa shape index (κ1) is 26.3. The van der Waals surface area contributed by atoms with Crippen molar-refractivity contribution in [1.82, 2.24) is 34.8 Å². The molecule has 2 N–H and O–H groups in total. The number of hydrogen-bond donors (Lipinski definition) is 2. The number of amides is 3. The third-order valence-corrected chi connectivity index (χ3v) is 5.87. The van der Waals surface area contributed by atoms with Crippen LogP contribution in [0.15, 0.2) is 48.5 Å². The molecule has 0 aliphatic rings. The van der Waals surface area contributed by atoms with Crippen molar-refractivity contribution in [2.75, 3.05) is 17.3 Å². The first-order chi connectivity index (χ1) is 18.2. The molecular formula is C22H18F3N9O3S. The number of halogens is 3. The number of aromatic nitrogens is 6. The molecule has 4 aromatic rings. The van der Waals surface area contributed by atoms with Crippen molar-refractivity contribution in [3.05, 3.63) is 65.7 Å². The molecule has 0 saturated heterocycles. The van der Waals surface area contributed by atoms with E-state index in [4.69, 9.17) is 0 Å². The highest BCUT2D eigenvalue weighted by molar-refractivity contribution is 7.13. The van der Waals surface area contributed by atoms with Gasteiger partial charge < -0.3 is 15.2 Å². The second-order valence-electron chi connectivity index (χ2n) is 7.62. The molecule has 4 aromatic heterocycles. The highest BCUT2D eigenvalue weighted by Crippen LogP contribution is 2.29. The SMILES string of the molecule is CN(C(=O)NCc1ccccn1)c1ncn(CC(=O)Nc2csc(-c3cnc(C(F)(F)F)nc3)n2)c1C=O. The molecule has 0 unspecified atom stereocenters. The van der Waals surface area contributed by atoms with E-state index in [-0.39, 0.29) is 36.0 Å². The third-order valence-electron chi connectivity index (χ3n) is 4.98. The number of alkyl halides is 3. The maximum Gasteiger partial charge on any atom is 0.451 e. The largest absolute Gasteiger partial charge is 0.451 e. The van der Waals surface area contributed by atoms with Gasteiger partial charge in [0.1, 0.15) is 23.1 Å². The number of nitrogens with one attached hydrogen (secondary N) is 2. The van der Waals surface area contributed by atoms with Crippen LogP contribution in [0.1, 0.15) is 22.0 Å². The van der Waals surface area contributed by atoms with Crippen LogP contribution in [0.25, 0.3) is 10.6 Å². The van der Waals surface area contributed by atoms with E-state index >= 15 is 0 Å². The predicted octanol–water partition coefficient (Wildman–Crippen LogP) is 3.01. The summed E-state index contributed by atoms with van der Waals surface area (Å²) in [5.74, 6) is -1.63. The Bertz CT molecular complexity index is 1440. The summed E-state index contributed by atoms with van der Waals surface area (Å²) in [4.78, 5) is 56.9. The minimum absolute atomic E-state index is 0.00324. The van der Waals surface area contributed by atoms with Crippen LogP contribution in [0.5, 0.6) is 0 Å². The fourth-order valence-corrected chi connectivity index (χ4v) is 3.88. The fourth-order valence-electron chi connectivity index (χ4n) is 3.16. The van der Waals surface area contributed by atoms with Crippen molar-refractivity contribution in [2.24, 2.45) is 0 Å². The van der Waals surface area contributed by atoms with E-state index in [2.05, 4.69) is 35.6 Å². The van der Waals surface area contributed by atoms with Gasteiger partial charge in [0.2, 0.25) is 11.7 Å². The molecule has 12 nitrogen and oxygen atoms in total. The van der Waals surface area contributed by atoms with Crippen LogP contribution in [0.2, 0.25) is 0 Å². The van der Waals surface area contributed by atoms with E-state index in [0.717, 1.165) is 28.6 Å². The Morgan fingerprint density at radius 2 is 1.92 bits per heavy atom. The Morgan fingerprint density at radius 1 is 1.16 bits per heavy atom. The van der Waals surface area contributed by atoms with Crippen molar-refractivity contribution in [1.29, 1.82) is 0 Å². The van der Waals surface area contributed by atoms with E-state index in [1.807, 2.05) is 0 Å². The molecule has 0 aliphatic heterocycles. The number of rotatable bonds is 8. The molecule has 0 aliphatic carbocycles. The van der Waals surface area contributed by atoms with Crippen molar-refractivity contribution in [2.45, 2.75) is 19.3 Å². The van der Waals surface area contributed by atoms with Gasteiger partial charge in [-0.15, -0.1) is 11.3 Å². The third kappa shape index (κ3) is 6.15. The molecule has 0 spiro atoms. The fraction of sp³-hybridized carbons (Fsp3) is 0.182. The molecule has 38 heavy (non-hydrogen) atoms. The Hall–Kier alpha value is -4.73. The number of hydrogen-bond acceptors (Lipinski definition) is 9. The summed E-state index contributed by atoms with van der Waals surface area (Å²) < 4.78 is 39.2. The molecule has 0 atom stereocenters. The second kappa shape index (κ2) is 11.1. The Balaban J connectivity index is 1.38. The highest BCUT2D eigenvalue weighted by atomic mass is 32.1. The molecule has 16 heteroatoms. The average Bonchev–Trinajstić information content (AvgIpc) is 3.53. The van der Waals surface area contributed by atoms with Crippen molar-refractivity contribution >= 4 is 41.2 Å². The molecule has 3 amide bonds. The van der Waals surface area contributed by atoms with E-state index < -0.39 is 23.9 Å². The number of pyridine rings is 1. The van der Waals surface area contributed by atoms with Crippen LogP contribution >= 0.6 is 11.3 Å². The zero-order valence-corrected chi connectivity index (χ0v) is 20.3. The quantitative estimate of drug-likeness (QED) is 0.321. The van der Waals surface area contributed by atoms with Crippen molar-refractivity contribution < 1.29 is 27.6 Å². The minimum atomic E-state index is -4.66. The van der Waals surface area contributed by atoms with Crippen LogP contribution in [0.3, 0.4) is 0 Å². The number of nitrogens with zero attached hydrogens (tertiary/aromatic N) is 7. The van der Waals surface area contributed by atoms with E-state index in [0.29, 0.717) is 17.0 Å². The van der Waals surface area contributed by atoms with Gasteiger partial charge in [0.25, 0.3) is 0 Å². The normalized spacial score (nSPS) is 11.2. The van der Waals surface area contributed by atoms with Crippen LogP contribution in [0, 0.1) is 0 Å². The summed E-state index contributed by atoms with van der Waals surface area (Å²) in [6, 6.07) is 4.74. The molecule has 4 heterocycles. The number of aldehydes is 1. The number of urea groups is 1. The summed E-state index contributed by atoms with van der Waals surface area (Å²) in [7, 11) is 1.43. The Labute approximate surface area is 216 Å². The molecular weight excluding hydrogens is 527 g/mol. The smallest absolute Gasteiger partial charge is 0.332 e. The van der Waals surface area contributed by atoms with Crippen molar-refractivity contribution in [3.63, 3.8) is 0 Å². The molecule has 4 rings (SSSR count). The highest BCUT2D eigenvalue weighted by Gasteiger charge is 2.34. The van der Waals surface area contributed by atoms with Gasteiger partial charge in [0.05, 0.1) is 18.6 Å². The summed E-state index contributed by atoms with van der Waals surface area (Å²) in [5.41, 5.74) is 0.884. The van der Waals surface area contributed by atoms with E-state index in [1.54, 1.807) is 24.4 Å². The Kier molecular flexibility index (Phi) is 7.71.